The molecular weight excluding hydrogens is 355 g/mol. The highest BCUT2D eigenvalue weighted by molar-refractivity contribution is 5.36. The number of hydrogen-bond donors (Lipinski definition) is 1. The van der Waals surface area contributed by atoms with Gasteiger partial charge in [-0.1, -0.05) is 38.0 Å². The molecule has 1 N–H and O–H groups in total. The fourth-order valence-electron chi connectivity index (χ4n) is 3.96. The lowest BCUT2D eigenvalue weighted by atomic mass is 10.0. The maximum absolute atomic E-state index is 13.3. The number of hydrogen-bond acceptors (Lipinski definition) is 5. The largest absolute Gasteiger partial charge is 0.366 e. The van der Waals surface area contributed by atoms with Crippen molar-refractivity contribution in [2.45, 2.75) is 45.6 Å². The summed E-state index contributed by atoms with van der Waals surface area (Å²) in [4.78, 5) is 5.19. The van der Waals surface area contributed by atoms with Crippen LogP contribution in [0.5, 0.6) is 0 Å². The molecule has 1 aromatic carbocycles. The van der Waals surface area contributed by atoms with Crippen molar-refractivity contribution in [1.29, 1.82) is 0 Å². The third-order valence-corrected chi connectivity index (χ3v) is 5.47. The van der Waals surface area contributed by atoms with Gasteiger partial charge in [0.1, 0.15) is 5.82 Å². The summed E-state index contributed by atoms with van der Waals surface area (Å²) in [7, 11) is 0. The van der Waals surface area contributed by atoms with Gasteiger partial charge in [-0.15, -0.1) is 5.10 Å². The SMILES string of the molecule is CCCC(CCC)N1CCN(CCNc2cn(-c3cccc(F)c3)nn2)CC1. The molecule has 3 rings (SSSR count). The highest BCUT2D eigenvalue weighted by atomic mass is 19.1. The van der Waals surface area contributed by atoms with Crippen molar-refractivity contribution in [2.75, 3.05) is 44.6 Å². The van der Waals surface area contributed by atoms with Crippen LogP contribution in [-0.4, -0.2) is 70.1 Å². The lowest BCUT2D eigenvalue weighted by molar-refractivity contribution is 0.0896. The number of piperazine rings is 1. The first kappa shape index (κ1) is 20.7. The molecule has 2 heterocycles. The van der Waals surface area contributed by atoms with Crippen LogP contribution in [0.15, 0.2) is 30.5 Å². The highest BCUT2D eigenvalue weighted by Gasteiger charge is 2.22. The molecule has 1 aromatic heterocycles. The van der Waals surface area contributed by atoms with E-state index in [1.807, 2.05) is 6.07 Å². The average molecular weight is 389 g/mol. The standard InChI is InChI=1S/C21H33FN6/c1-3-6-19(7-4-2)27-14-12-26(13-15-27)11-10-23-21-17-28(25-24-21)20-9-5-8-18(22)16-20/h5,8-9,16-17,19,23H,3-4,6-7,10-15H2,1-2H3. The molecule has 7 heteroatoms. The van der Waals surface area contributed by atoms with Gasteiger partial charge < -0.3 is 5.32 Å². The van der Waals surface area contributed by atoms with E-state index in [4.69, 9.17) is 0 Å². The lowest BCUT2D eigenvalue weighted by Crippen LogP contribution is -2.51. The zero-order valence-corrected chi connectivity index (χ0v) is 17.1. The van der Waals surface area contributed by atoms with Gasteiger partial charge in [0.15, 0.2) is 5.82 Å². The molecule has 0 atom stereocenters. The summed E-state index contributed by atoms with van der Waals surface area (Å²) in [6.45, 7) is 11.0. The van der Waals surface area contributed by atoms with Crippen molar-refractivity contribution in [3.63, 3.8) is 0 Å². The molecule has 1 fully saturated rings. The van der Waals surface area contributed by atoms with Crippen molar-refractivity contribution in [3.8, 4) is 5.69 Å². The topological polar surface area (TPSA) is 49.2 Å². The minimum atomic E-state index is -0.276. The van der Waals surface area contributed by atoms with Gasteiger partial charge >= 0.3 is 0 Å². The van der Waals surface area contributed by atoms with E-state index < -0.39 is 0 Å². The first-order chi connectivity index (χ1) is 13.7. The summed E-state index contributed by atoms with van der Waals surface area (Å²) in [6, 6.07) is 7.11. The van der Waals surface area contributed by atoms with Crippen molar-refractivity contribution in [2.24, 2.45) is 0 Å². The van der Waals surface area contributed by atoms with Gasteiger partial charge in [0, 0.05) is 45.3 Å². The molecule has 2 aromatic rings. The molecule has 1 aliphatic rings. The normalized spacial score (nSPS) is 16.0. The second-order valence-electron chi connectivity index (χ2n) is 7.56. The fourth-order valence-corrected chi connectivity index (χ4v) is 3.96. The predicted molar refractivity (Wildman–Crippen MR) is 111 cm³/mol. The Morgan fingerprint density at radius 3 is 2.54 bits per heavy atom. The lowest BCUT2D eigenvalue weighted by Gasteiger charge is -2.39. The Kier molecular flexibility index (Phi) is 7.80. The first-order valence-electron chi connectivity index (χ1n) is 10.6. The van der Waals surface area contributed by atoms with Crippen LogP contribution in [0, 0.1) is 5.82 Å². The summed E-state index contributed by atoms with van der Waals surface area (Å²) in [6.07, 6.45) is 6.97. The van der Waals surface area contributed by atoms with Crippen molar-refractivity contribution in [1.82, 2.24) is 24.8 Å². The molecule has 1 aliphatic heterocycles. The molecule has 0 unspecified atom stereocenters. The highest BCUT2D eigenvalue weighted by Crippen LogP contribution is 2.16. The molecule has 0 aliphatic carbocycles. The Hall–Kier alpha value is -1.99. The molecule has 0 radical (unpaired) electrons. The minimum absolute atomic E-state index is 0.276. The second-order valence-corrected chi connectivity index (χ2v) is 7.56. The van der Waals surface area contributed by atoms with Crippen LogP contribution in [0.2, 0.25) is 0 Å². The number of anilines is 1. The number of rotatable bonds is 10. The fraction of sp³-hybridized carbons (Fsp3) is 0.619. The van der Waals surface area contributed by atoms with E-state index in [0.29, 0.717) is 11.5 Å². The third kappa shape index (κ3) is 5.75. The molecule has 0 amide bonds. The van der Waals surface area contributed by atoms with E-state index in [9.17, 15) is 4.39 Å². The van der Waals surface area contributed by atoms with Gasteiger partial charge in [-0.25, -0.2) is 9.07 Å². The van der Waals surface area contributed by atoms with Crippen LogP contribution in [0.4, 0.5) is 10.2 Å². The summed E-state index contributed by atoms with van der Waals surface area (Å²) >= 11 is 0. The van der Waals surface area contributed by atoms with Crippen LogP contribution in [0.25, 0.3) is 5.69 Å². The maximum Gasteiger partial charge on any atom is 0.169 e. The summed E-state index contributed by atoms with van der Waals surface area (Å²) in [5, 5.41) is 11.5. The van der Waals surface area contributed by atoms with Crippen molar-refractivity contribution >= 4 is 5.82 Å². The second kappa shape index (κ2) is 10.5. The zero-order valence-electron chi connectivity index (χ0n) is 17.1. The Bertz CT molecular complexity index is 704. The van der Waals surface area contributed by atoms with Crippen LogP contribution in [0.3, 0.4) is 0 Å². The van der Waals surface area contributed by atoms with Crippen molar-refractivity contribution < 1.29 is 4.39 Å². The molecule has 0 saturated carbocycles. The zero-order chi connectivity index (χ0) is 19.8. The number of benzene rings is 1. The summed E-state index contributed by atoms with van der Waals surface area (Å²) < 4.78 is 14.9. The quantitative estimate of drug-likeness (QED) is 0.676. The average Bonchev–Trinajstić information content (AvgIpc) is 3.17. The predicted octanol–water partition coefficient (Wildman–Crippen LogP) is 3.40. The van der Waals surface area contributed by atoms with Gasteiger partial charge in [0.05, 0.1) is 11.9 Å². The van der Waals surface area contributed by atoms with Crippen LogP contribution < -0.4 is 5.32 Å². The van der Waals surface area contributed by atoms with Gasteiger partial charge in [0.2, 0.25) is 0 Å². The van der Waals surface area contributed by atoms with Gasteiger partial charge in [-0.05, 0) is 31.0 Å². The molecule has 1 saturated heterocycles. The Morgan fingerprint density at radius 2 is 1.86 bits per heavy atom. The minimum Gasteiger partial charge on any atom is -0.366 e. The number of nitrogens with zero attached hydrogens (tertiary/aromatic N) is 5. The number of aromatic nitrogens is 3. The van der Waals surface area contributed by atoms with E-state index in [0.717, 1.165) is 32.2 Å². The molecular formula is C21H33FN6. The molecule has 0 bridgehead atoms. The van der Waals surface area contributed by atoms with Crippen molar-refractivity contribution in [3.05, 3.63) is 36.3 Å². The third-order valence-electron chi connectivity index (χ3n) is 5.47. The van der Waals surface area contributed by atoms with Gasteiger partial charge in [-0.2, -0.15) is 0 Å². The first-order valence-corrected chi connectivity index (χ1v) is 10.6. The Morgan fingerprint density at radius 1 is 1.11 bits per heavy atom. The number of nitrogens with one attached hydrogen (secondary N) is 1. The van der Waals surface area contributed by atoms with E-state index in [-0.39, 0.29) is 5.82 Å². The Labute approximate surface area is 167 Å². The Balaban J connectivity index is 1.40. The number of halogens is 1. The molecule has 0 spiro atoms. The van der Waals surface area contributed by atoms with Gasteiger partial charge in [0.25, 0.3) is 0 Å². The molecule has 6 nitrogen and oxygen atoms in total. The van der Waals surface area contributed by atoms with E-state index >= 15 is 0 Å². The van der Waals surface area contributed by atoms with Crippen LogP contribution in [0.1, 0.15) is 39.5 Å². The monoisotopic (exact) mass is 388 g/mol. The van der Waals surface area contributed by atoms with E-state index in [1.165, 1.54) is 50.9 Å². The van der Waals surface area contributed by atoms with Gasteiger partial charge in [-0.3, -0.25) is 9.80 Å². The smallest absolute Gasteiger partial charge is 0.169 e. The maximum atomic E-state index is 13.3. The van der Waals surface area contributed by atoms with Crippen LogP contribution >= 0.6 is 0 Å². The van der Waals surface area contributed by atoms with E-state index in [2.05, 4.69) is 39.3 Å². The molecule has 28 heavy (non-hydrogen) atoms. The van der Waals surface area contributed by atoms with E-state index in [1.54, 1.807) is 16.9 Å². The summed E-state index contributed by atoms with van der Waals surface area (Å²) in [5.74, 6) is 0.440. The van der Waals surface area contributed by atoms with Crippen LogP contribution in [-0.2, 0) is 0 Å². The molecule has 154 valence electrons. The summed E-state index contributed by atoms with van der Waals surface area (Å²) in [5.41, 5.74) is 0.672.